The first kappa shape index (κ1) is 20.5. The van der Waals surface area contributed by atoms with Crippen LogP contribution in [0.5, 0.6) is 11.5 Å². The summed E-state index contributed by atoms with van der Waals surface area (Å²) in [6, 6.07) is 9.64. The Morgan fingerprint density at radius 3 is 2.83 bits per heavy atom. The number of fused-ring (bicyclic) bond motifs is 2. The van der Waals surface area contributed by atoms with Crippen molar-refractivity contribution in [3.8, 4) is 11.5 Å². The van der Waals surface area contributed by atoms with Crippen LogP contribution in [-0.4, -0.2) is 38.0 Å². The quantitative estimate of drug-likeness (QED) is 0.723. The third kappa shape index (κ3) is 4.54. The van der Waals surface area contributed by atoms with Gasteiger partial charge in [0.05, 0.1) is 16.3 Å². The molecule has 0 spiro atoms. The zero-order valence-corrected chi connectivity index (χ0v) is 17.8. The van der Waals surface area contributed by atoms with Crippen LogP contribution in [0.4, 0.5) is 11.4 Å². The van der Waals surface area contributed by atoms with Crippen LogP contribution in [0.25, 0.3) is 0 Å². The second-order valence-electron chi connectivity index (χ2n) is 7.02. The minimum atomic E-state index is -3.70. The van der Waals surface area contributed by atoms with Gasteiger partial charge >= 0.3 is 0 Å². The van der Waals surface area contributed by atoms with Crippen molar-refractivity contribution in [1.29, 1.82) is 0 Å². The number of thioether (sulfide) groups is 1. The maximum absolute atomic E-state index is 12.7. The van der Waals surface area contributed by atoms with Crippen molar-refractivity contribution in [2.45, 2.75) is 34.8 Å². The highest BCUT2D eigenvalue weighted by molar-refractivity contribution is 8.00. The minimum Gasteiger partial charge on any atom is -0.454 e. The molecule has 2 aliphatic heterocycles. The summed E-state index contributed by atoms with van der Waals surface area (Å²) in [5.41, 5.74) is 0.987. The Hall–Kier alpha value is -2.72. The number of hydrogen-bond donors (Lipinski definition) is 2. The summed E-state index contributed by atoms with van der Waals surface area (Å²) in [7, 11) is -3.70. The Morgan fingerprint density at radius 1 is 1.20 bits per heavy atom. The van der Waals surface area contributed by atoms with Gasteiger partial charge in [0.1, 0.15) is 0 Å². The molecule has 0 saturated heterocycles. The molecular weight excluding hydrogens is 428 g/mol. The first-order chi connectivity index (χ1) is 14.3. The topological polar surface area (TPSA) is 111 Å². The van der Waals surface area contributed by atoms with Gasteiger partial charge in [-0.2, -0.15) is 0 Å². The molecule has 0 aromatic heterocycles. The predicted molar refractivity (Wildman–Crippen MR) is 113 cm³/mol. The fraction of sp³-hybridized carbons (Fsp3) is 0.300. The molecule has 2 heterocycles. The van der Waals surface area contributed by atoms with Gasteiger partial charge in [-0.15, -0.1) is 11.8 Å². The second kappa shape index (κ2) is 8.19. The van der Waals surface area contributed by atoms with Gasteiger partial charge in [0.25, 0.3) is 0 Å². The lowest BCUT2D eigenvalue weighted by Gasteiger charge is -2.11. The molecule has 2 aromatic rings. The number of carbonyl (C=O) groups is 2. The van der Waals surface area contributed by atoms with Gasteiger partial charge in [0.2, 0.25) is 18.6 Å². The summed E-state index contributed by atoms with van der Waals surface area (Å²) in [5.74, 6) is 0.203. The highest BCUT2D eigenvalue weighted by Gasteiger charge is 2.23. The maximum atomic E-state index is 12.7. The first-order valence-corrected chi connectivity index (χ1v) is 11.9. The van der Waals surface area contributed by atoms with Crippen molar-refractivity contribution < 1.29 is 27.5 Å². The van der Waals surface area contributed by atoms with Crippen LogP contribution >= 0.6 is 11.8 Å². The van der Waals surface area contributed by atoms with Gasteiger partial charge in [-0.25, -0.2) is 8.42 Å². The maximum Gasteiger partial charge on any atom is 0.231 e. The Balaban J connectivity index is 1.42. The highest BCUT2D eigenvalue weighted by atomic mass is 32.2. The third-order valence-corrected chi connectivity index (χ3v) is 7.53. The molecule has 2 N–H and O–H groups in total. The van der Waals surface area contributed by atoms with E-state index in [1.807, 2.05) is 6.92 Å². The van der Waals surface area contributed by atoms with E-state index in [0.29, 0.717) is 29.3 Å². The smallest absolute Gasteiger partial charge is 0.231 e. The number of amides is 2. The summed E-state index contributed by atoms with van der Waals surface area (Å²) in [4.78, 5) is 25.1. The highest BCUT2D eigenvalue weighted by Crippen LogP contribution is 2.37. The molecule has 0 fully saturated rings. The molecule has 10 heteroatoms. The number of anilines is 2. The molecule has 2 aromatic carbocycles. The van der Waals surface area contributed by atoms with Gasteiger partial charge in [-0.3, -0.25) is 9.59 Å². The van der Waals surface area contributed by atoms with E-state index < -0.39 is 15.7 Å². The Morgan fingerprint density at radius 2 is 2.00 bits per heavy atom. The standard InChI is InChI=1S/C20H20N2O6S2/c1-12-8-20(24)22-15-10-14(3-5-18(15)29-12)30(25,26)7-6-19(23)21-13-2-4-16-17(9-13)28-11-27-16/h2-5,9-10,12H,6-8,11H2,1H3,(H,21,23)(H,22,24)/t12-/m1/s1. The van der Waals surface area contributed by atoms with Crippen molar-refractivity contribution in [2.24, 2.45) is 0 Å². The van der Waals surface area contributed by atoms with Crippen LogP contribution < -0.4 is 20.1 Å². The molecule has 2 amide bonds. The number of ether oxygens (including phenoxy) is 2. The molecule has 4 rings (SSSR count). The number of benzene rings is 2. The monoisotopic (exact) mass is 448 g/mol. The molecule has 2 aliphatic rings. The predicted octanol–water partition coefficient (Wildman–Crippen LogP) is 3.04. The normalized spacial score (nSPS) is 17.6. The molecule has 0 radical (unpaired) electrons. The van der Waals surface area contributed by atoms with Crippen LogP contribution in [0.3, 0.4) is 0 Å². The molecular formula is C20H20N2O6S2. The average molecular weight is 449 g/mol. The van der Waals surface area contributed by atoms with Gasteiger partial charge in [0, 0.05) is 34.7 Å². The Kier molecular flexibility index (Phi) is 5.61. The van der Waals surface area contributed by atoms with Crippen molar-refractivity contribution in [3.63, 3.8) is 0 Å². The lowest BCUT2D eigenvalue weighted by atomic mass is 10.2. The van der Waals surface area contributed by atoms with Crippen LogP contribution in [0, 0.1) is 0 Å². The molecule has 1 atom stereocenters. The van der Waals surface area contributed by atoms with Crippen molar-refractivity contribution in [3.05, 3.63) is 36.4 Å². The fourth-order valence-electron chi connectivity index (χ4n) is 3.17. The van der Waals surface area contributed by atoms with E-state index in [9.17, 15) is 18.0 Å². The molecule has 0 saturated carbocycles. The van der Waals surface area contributed by atoms with Crippen molar-refractivity contribution in [1.82, 2.24) is 0 Å². The lowest BCUT2D eigenvalue weighted by Crippen LogP contribution is -2.18. The SMILES string of the molecule is C[C@@H]1CC(=O)Nc2cc(S(=O)(=O)CCC(=O)Nc3ccc4c(c3)OCO4)ccc2S1. The third-order valence-electron chi connectivity index (χ3n) is 4.64. The Labute approximate surface area is 178 Å². The van der Waals surface area contributed by atoms with E-state index in [1.165, 1.54) is 23.9 Å². The number of hydrogen-bond acceptors (Lipinski definition) is 7. The van der Waals surface area contributed by atoms with Gasteiger partial charge in [-0.1, -0.05) is 6.92 Å². The summed E-state index contributed by atoms with van der Waals surface area (Å²) in [6.45, 7) is 2.08. The first-order valence-electron chi connectivity index (χ1n) is 9.33. The van der Waals surface area contributed by atoms with Crippen molar-refractivity contribution >= 4 is 44.8 Å². The zero-order chi connectivity index (χ0) is 21.3. The van der Waals surface area contributed by atoms with Crippen LogP contribution in [0.1, 0.15) is 19.8 Å². The molecule has 8 nitrogen and oxygen atoms in total. The number of carbonyl (C=O) groups excluding carboxylic acids is 2. The van der Waals surface area contributed by atoms with Crippen LogP contribution in [0.15, 0.2) is 46.2 Å². The number of rotatable bonds is 5. The zero-order valence-electron chi connectivity index (χ0n) is 16.1. The second-order valence-corrected chi connectivity index (χ2v) is 10.6. The lowest BCUT2D eigenvalue weighted by molar-refractivity contribution is -0.116. The van der Waals surface area contributed by atoms with E-state index in [1.54, 1.807) is 24.3 Å². The van der Waals surface area contributed by atoms with E-state index in [0.717, 1.165) is 4.90 Å². The number of sulfone groups is 1. The van der Waals surface area contributed by atoms with E-state index >= 15 is 0 Å². The molecule has 158 valence electrons. The summed E-state index contributed by atoms with van der Waals surface area (Å²) >= 11 is 1.52. The Bertz CT molecular complexity index is 1120. The summed E-state index contributed by atoms with van der Waals surface area (Å²) < 4.78 is 35.9. The fourth-order valence-corrected chi connectivity index (χ4v) is 5.48. The molecule has 0 bridgehead atoms. The van der Waals surface area contributed by atoms with Crippen LogP contribution in [-0.2, 0) is 19.4 Å². The largest absolute Gasteiger partial charge is 0.454 e. The number of nitrogens with one attached hydrogen (secondary N) is 2. The van der Waals surface area contributed by atoms with E-state index in [4.69, 9.17) is 9.47 Å². The molecule has 0 aliphatic carbocycles. The summed E-state index contributed by atoms with van der Waals surface area (Å²) in [6.07, 6.45) is 0.160. The van der Waals surface area contributed by atoms with E-state index in [2.05, 4.69) is 10.6 Å². The van der Waals surface area contributed by atoms with Gasteiger partial charge in [-0.05, 0) is 30.3 Å². The van der Waals surface area contributed by atoms with E-state index in [-0.39, 0.29) is 35.0 Å². The van der Waals surface area contributed by atoms with Gasteiger partial charge < -0.3 is 20.1 Å². The summed E-state index contributed by atoms with van der Waals surface area (Å²) in [5, 5.41) is 5.53. The van der Waals surface area contributed by atoms with Gasteiger partial charge in [0.15, 0.2) is 21.3 Å². The molecule has 0 unspecified atom stereocenters. The average Bonchev–Trinajstić information content (AvgIpc) is 3.09. The molecule has 30 heavy (non-hydrogen) atoms. The minimum absolute atomic E-state index is 0.0765. The van der Waals surface area contributed by atoms with Crippen molar-refractivity contribution in [2.75, 3.05) is 23.2 Å². The van der Waals surface area contributed by atoms with Crippen LogP contribution in [0.2, 0.25) is 0 Å².